The van der Waals surface area contributed by atoms with Crippen LogP contribution in [0, 0.1) is 0 Å². The summed E-state index contributed by atoms with van der Waals surface area (Å²) in [5.41, 5.74) is 4.67. The van der Waals surface area contributed by atoms with E-state index in [0.717, 1.165) is 49.6 Å². The monoisotopic (exact) mass is 307 g/mol. The number of fused-ring (bicyclic) bond motifs is 1. The molecule has 1 aromatic heterocycles. The van der Waals surface area contributed by atoms with E-state index in [1.54, 1.807) is 0 Å². The van der Waals surface area contributed by atoms with Gasteiger partial charge >= 0.3 is 0 Å². The highest BCUT2D eigenvalue weighted by molar-refractivity contribution is 5.62. The number of aromatic nitrogens is 1. The summed E-state index contributed by atoms with van der Waals surface area (Å²) >= 11 is 0. The van der Waals surface area contributed by atoms with E-state index in [4.69, 9.17) is 4.74 Å². The van der Waals surface area contributed by atoms with Gasteiger partial charge in [-0.25, -0.2) is 0 Å². The van der Waals surface area contributed by atoms with Crippen LogP contribution < -0.4 is 4.74 Å². The van der Waals surface area contributed by atoms with Crippen LogP contribution in [-0.4, -0.2) is 48.0 Å². The van der Waals surface area contributed by atoms with Crippen LogP contribution in [0.25, 0.3) is 11.3 Å². The Morgan fingerprint density at radius 2 is 1.91 bits per heavy atom. The lowest BCUT2D eigenvalue weighted by Gasteiger charge is -2.36. The second kappa shape index (κ2) is 6.05. The quantitative estimate of drug-likeness (QED) is 0.853. The van der Waals surface area contributed by atoms with Crippen molar-refractivity contribution in [3.63, 3.8) is 0 Å². The van der Waals surface area contributed by atoms with E-state index in [0.29, 0.717) is 0 Å². The maximum Gasteiger partial charge on any atom is 0.130 e. The average Bonchev–Trinajstić information content (AvgIpc) is 2.62. The second-order valence-electron chi connectivity index (χ2n) is 6.23. The molecule has 1 aromatic carbocycles. The largest absolute Gasteiger partial charge is 0.463 e. The Morgan fingerprint density at radius 1 is 1.04 bits per heavy atom. The molecular formula is C19H21N3O. The topological polar surface area (TPSA) is 28.6 Å². The summed E-state index contributed by atoms with van der Waals surface area (Å²) in [5, 5.41) is 0. The fourth-order valence-corrected chi connectivity index (χ4v) is 3.17. The normalized spacial score (nSPS) is 18.1. The van der Waals surface area contributed by atoms with E-state index in [1.165, 1.54) is 11.3 Å². The van der Waals surface area contributed by atoms with Gasteiger partial charge in [-0.3, -0.25) is 4.98 Å². The van der Waals surface area contributed by atoms with Crippen LogP contribution in [0.4, 0.5) is 0 Å². The lowest BCUT2D eigenvalue weighted by atomic mass is 10.0. The Bertz CT molecular complexity index is 719. The molecule has 4 heteroatoms. The molecule has 118 valence electrons. The Morgan fingerprint density at radius 3 is 2.70 bits per heavy atom. The fourth-order valence-electron chi connectivity index (χ4n) is 3.17. The highest BCUT2D eigenvalue weighted by Gasteiger charge is 2.21. The molecule has 0 aliphatic carbocycles. The molecule has 0 unspecified atom stereocenters. The maximum atomic E-state index is 5.87. The van der Waals surface area contributed by atoms with Crippen molar-refractivity contribution in [2.24, 2.45) is 0 Å². The van der Waals surface area contributed by atoms with Crippen molar-refractivity contribution in [3.8, 4) is 17.0 Å². The minimum absolute atomic E-state index is 0.930. The molecule has 2 aliphatic rings. The van der Waals surface area contributed by atoms with Gasteiger partial charge in [-0.15, -0.1) is 0 Å². The van der Waals surface area contributed by atoms with Crippen LogP contribution in [0.3, 0.4) is 0 Å². The summed E-state index contributed by atoms with van der Waals surface area (Å²) in [7, 11) is 2.18. The second-order valence-corrected chi connectivity index (χ2v) is 6.23. The molecule has 2 aromatic rings. The molecule has 4 nitrogen and oxygen atoms in total. The number of piperazine rings is 1. The van der Waals surface area contributed by atoms with Gasteiger partial charge in [0.25, 0.3) is 0 Å². The number of nitrogens with zero attached hydrogens (tertiary/aromatic N) is 3. The fraction of sp³-hybridized carbons (Fsp3) is 0.316. The van der Waals surface area contributed by atoms with Gasteiger partial charge in [-0.05, 0) is 37.4 Å². The molecule has 0 spiro atoms. The molecule has 0 amide bonds. The molecule has 4 rings (SSSR count). The maximum absolute atomic E-state index is 5.87. The average molecular weight is 307 g/mol. The summed E-state index contributed by atoms with van der Waals surface area (Å²) in [5.74, 6) is 0.961. The van der Waals surface area contributed by atoms with Gasteiger partial charge in [0.2, 0.25) is 0 Å². The summed E-state index contributed by atoms with van der Waals surface area (Å²) < 4.78 is 5.87. The van der Waals surface area contributed by atoms with Crippen LogP contribution in [-0.2, 0) is 6.42 Å². The van der Waals surface area contributed by atoms with E-state index >= 15 is 0 Å². The van der Waals surface area contributed by atoms with Crippen molar-refractivity contribution in [1.29, 1.82) is 0 Å². The molecule has 0 radical (unpaired) electrons. The Hall–Kier alpha value is -2.33. The molecule has 2 aliphatic heterocycles. The predicted octanol–water partition coefficient (Wildman–Crippen LogP) is 2.77. The Balaban J connectivity index is 1.56. The molecule has 1 fully saturated rings. The number of likely N-dealkylation sites (N-methyl/N-ethyl adjacent to an activating group) is 1. The first-order valence-electron chi connectivity index (χ1n) is 8.13. The van der Waals surface area contributed by atoms with Gasteiger partial charge in [-0.1, -0.05) is 6.07 Å². The third-order valence-electron chi connectivity index (χ3n) is 4.62. The zero-order valence-electron chi connectivity index (χ0n) is 13.4. The van der Waals surface area contributed by atoms with Crippen LogP contribution in [0.2, 0.25) is 0 Å². The summed E-state index contributed by atoms with van der Waals surface area (Å²) in [6.07, 6.45) is 4.69. The smallest absolute Gasteiger partial charge is 0.130 e. The van der Waals surface area contributed by atoms with Crippen molar-refractivity contribution in [2.45, 2.75) is 6.42 Å². The van der Waals surface area contributed by atoms with Crippen molar-refractivity contribution in [2.75, 3.05) is 33.2 Å². The zero-order chi connectivity index (χ0) is 15.6. The van der Waals surface area contributed by atoms with E-state index in [9.17, 15) is 0 Å². The molecular weight excluding hydrogens is 286 g/mol. The highest BCUT2D eigenvalue weighted by atomic mass is 16.5. The van der Waals surface area contributed by atoms with Gasteiger partial charge in [0.1, 0.15) is 12.0 Å². The standard InChI is InChI=1S/C19H21N3O/c1-21-8-10-22(11-9-21)17-13-16-12-15(5-6-19(16)23-14-17)18-4-2-3-7-20-18/h2-7,12,14H,8-11,13H2,1H3. The van der Waals surface area contributed by atoms with Crippen LogP contribution in [0.1, 0.15) is 5.56 Å². The summed E-state index contributed by atoms with van der Waals surface area (Å²) in [6, 6.07) is 12.4. The SMILES string of the molecule is CN1CCN(C2=COc3ccc(-c4ccccn4)cc3C2)CC1. The number of hydrogen-bond acceptors (Lipinski definition) is 4. The predicted molar refractivity (Wildman–Crippen MR) is 91.2 cm³/mol. The van der Waals surface area contributed by atoms with Crippen molar-refractivity contribution < 1.29 is 4.74 Å². The Kier molecular flexibility index (Phi) is 3.75. The number of rotatable bonds is 2. The number of hydrogen-bond donors (Lipinski definition) is 0. The van der Waals surface area contributed by atoms with Crippen LogP contribution in [0.15, 0.2) is 54.6 Å². The van der Waals surface area contributed by atoms with Crippen molar-refractivity contribution in [3.05, 3.63) is 60.1 Å². The van der Waals surface area contributed by atoms with Gasteiger partial charge in [0.15, 0.2) is 0 Å². The lowest BCUT2D eigenvalue weighted by molar-refractivity contribution is 0.178. The van der Waals surface area contributed by atoms with E-state index in [-0.39, 0.29) is 0 Å². The van der Waals surface area contributed by atoms with Gasteiger partial charge in [0.05, 0.1) is 11.4 Å². The van der Waals surface area contributed by atoms with E-state index in [1.807, 2.05) is 30.7 Å². The molecule has 0 saturated carbocycles. The molecule has 0 atom stereocenters. The third kappa shape index (κ3) is 2.94. The molecule has 3 heterocycles. The summed E-state index contributed by atoms with van der Waals surface area (Å²) in [6.45, 7) is 4.36. The van der Waals surface area contributed by atoms with Crippen molar-refractivity contribution in [1.82, 2.24) is 14.8 Å². The minimum atomic E-state index is 0.930. The highest BCUT2D eigenvalue weighted by Crippen LogP contribution is 2.31. The van der Waals surface area contributed by atoms with Crippen LogP contribution >= 0.6 is 0 Å². The first-order valence-corrected chi connectivity index (χ1v) is 8.13. The number of allylic oxidation sites excluding steroid dienone is 1. The first kappa shape index (κ1) is 14.3. The number of pyridine rings is 1. The van der Waals surface area contributed by atoms with Gasteiger partial charge in [-0.2, -0.15) is 0 Å². The molecule has 0 bridgehead atoms. The molecule has 0 N–H and O–H groups in total. The summed E-state index contributed by atoms with van der Waals surface area (Å²) in [4.78, 5) is 9.25. The first-order chi connectivity index (χ1) is 11.3. The lowest BCUT2D eigenvalue weighted by Crippen LogP contribution is -2.44. The zero-order valence-corrected chi connectivity index (χ0v) is 13.4. The molecule has 1 saturated heterocycles. The third-order valence-corrected chi connectivity index (χ3v) is 4.62. The van der Waals surface area contributed by atoms with E-state index in [2.05, 4.69) is 40.0 Å². The minimum Gasteiger partial charge on any atom is -0.463 e. The van der Waals surface area contributed by atoms with E-state index < -0.39 is 0 Å². The molecule has 23 heavy (non-hydrogen) atoms. The van der Waals surface area contributed by atoms with Crippen LogP contribution in [0.5, 0.6) is 5.75 Å². The van der Waals surface area contributed by atoms with Gasteiger partial charge in [0, 0.05) is 49.9 Å². The van der Waals surface area contributed by atoms with Crippen molar-refractivity contribution >= 4 is 0 Å². The number of benzene rings is 1. The Labute approximate surface area is 137 Å². The van der Waals surface area contributed by atoms with Gasteiger partial charge < -0.3 is 14.5 Å². The number of ether oxygens (including phenoxy) is 1.